The monoisotopic (exact) mass is 542 g/mol. The second-order valence-corrected chi connectivity index (χ2v) is 11.2. The number of benzene rings is 3. The molecule has 0 unspecified atom stereocenters. The van der Waals surface area contributed by atoms with Gasteiger partial charge in [0.25, 0.3) is 15.9 Å². The first-order chi connectivity index (χ1) is 15.7. The van der Waals surface area contributed by atoms with Gasteiger partial charge >= 0.3 is 0 Å². The van der Waals surface area contributed by atoms with E-state index in [2.05, 4.69) is 10.0 Å². The summed E-state index contributed by atoms with van der Waals surface area (Å²) < 4.78 is 28.1. The van der Waals surface area contributed by atoms with Crippen molar-refractivity contribution >= 4 is 68.2 Å². The summed E-state index contributed by atoms with van der Waals surface area (Å²) in [5.41, 5.74) is 2.58. The number of sulfonamides is 1. The van der Waals surface area contributed by atoms with Gasteiger partial charge in [-0.2, -0.15) is 11.8 Å². The van der Waals surface area contributed by atoms with Gasteiger partial charge in [0.1, 0.15) is 4.90 Å². The molecule has 0 radical (unpaired) electrons. The van der Waals surface area contributed by atoms with Crippen LogP contribution in [0.25, 0.3) is 0 Å². The third-order valence-corrected chi connectivity index (χ3v) is 8.05. The Morgan fingerprint density at radius 3 is 2.36 bits per heavy atom. The van der Waals surface area contributed by atoms with Crippen molar-refractivity contribution < 1.29 is 13.2 Å². The molecule has 0 saturated heterocycles. The van der Waals surface area contributed by atoms with Crippen molar-refractivity contribution in [2.24, 2.45) is 0 Å². The summed E-state index contributed by atoms with van der Waals surface area (Å²) in [5, 5.41) is 4.01. The van der Waals surface area contributed by atoms with Crippen LogP contribution in [0.4, 0.5) is 5.69 Å². The molecule has 33 heavy (non-hydrogen) atoms. The minimum Gasteiger partial charge on any atom is -0.351 e. The highest BCUT2D eigenvalue weighted by Crippen LogP contribution is 2.26. The van der Waals surface area contributed by atoms with Crippen molar-refractivity contribution in [1.82, 2.24) is 5.32 Å². The number of thioether (sulfide) groups is 1. The van der Waals surface area contributed by atoms with E-state index in [1.807, 2.05) is 13.0 Å². The first-order valence-electron chi connectivity index (χ1n) is 9.84. The molecular formula is C23H21Cl3N2O3S2. The summed E-state index contributed by atoms with van der Waals surface area (Å²) in [7, 11) is -3.97. The SMILES string of the molecule is Cc1ccc(NS(=O)(=O)c2cc(C(=O)NCCSCc3ccc(Cl)cc3Cl)ccc2Cl)cc1. The van der Waals surface area contributed by atoms with Gasteiger partial charge < -0.3 is 5.32 Å². The number of hydrogen-bond donors (Lipinski definition) is 2. The van der Waals surface area contributed by atoms with Gasteiger partial charge in [0, 0.05) is 39.3 Å². The summed E-state index contributed by atoms with van der Waals surface area (Å²) in [6, 6.07) is 16.4. The van der Waals surface area contributed by atoms with Gasteiger partial charge in [-0.25, -0.2) is 8.42 Å². The van der Waals surface area contributed by atoms with Gasteiger partial charge in [-0.1, -0.05) is 58.6 Å². The minimum atomic E-state index is -3.97. The van der Waals surface area contributed by atoms with Crippen LogP contribution < -0.4 is 10.0 Å². The van der Waals surface area contributed by atoms with Crippen LogP contribution in [0.2, 0.25) is 15.1 Å². The van der Waals surface area contributed by atoms with Gasteiger partial charge in [0.2, 0.25) is 0 Å². The molecule has 0 aromatic heterocycles. The zero-order chi connectivity index (χ0) is 24.0. The Labute approximate surface area is 212 Å². The summed E-state index contributed by atoms with van der Waals surface area (Å²) in [6.45, 7) is 2.31. The maximum atomic E-state index is 12.8. The second kappa shape index (κ2) is 11.5. The van der Waals surface area contributed by atoms with Gasteiger partial charge in [-0.05, 0) is 55.0 Å². The van der Waals surface area contributed by atoms with Crippen molar-refractivity contribution in [2.45, 2.75) is 17.6 Å². The van der Waals surface area contributed by atoms with Crippen molar-refractivity contribution in [3.05, 3.63) is 92.4 Å². The highest BCUT2D eigenvalue weighted by Gasteiger charge is 2.20. The molecule has 10 heteroatoms. The van der Waals surface area contributed by atoms with Crippen LogP contribution in [0.1, 0.15) is 21.5 Å². The smallest absolute Gasteiger partial charge is 0.263 e. The van der Waals surface area contributed by atoms with Crippen molar-refractivity contribution in [1.29, 1.82) is 0 Å². The van der Waals surface area contributed by atoms with E-state index < -0.39 is 10.0 Å². The minimum absolute atomic E-state index is 0.0292. The maximum Gasteiger partial charge on any atom is 0.263 e. The fourth-order valence-corrected chi connectivity index (χ4v) is 5.84. The number of rotatable bonds is 9. The fraction of sp³-hybridized carbons (Fsp3) is 0.174. The molecule has 0 heterocycles. The Hall–Kier alpha value is -1.90. The van der Waals surface area contributed by atoms with Crippen LogP contribution in [0.5, 0.6) is 0 Å². The molecule has 1 amide bonds. The van der Waals surface area contributed by atoms with E-state index in [9.17, 15) is 13.2 Å². The van der Waals surface area contributed by atoms with Gasteiger partial charge in [-0.3, -0.25) is 9.52 Å². The molecule has 3 aromatic carbocycles. The summed E-state index contributed by atoms with van der Waals surface area (Å²) in [6.07, 6.45) is 0. The molecule has 3 aromatic rings. The van der Waals surface area contributed by atoms with E-state index >= 15 is 0 Å². The Kier molecular flexibility index (Phi) is 8.95. The van der Waals surface area contributed by atoms with E-state index in [1.165, 1.54) is 18.2 Å². The summed E-state index contributed by atoms with van der Waals surface area (Å²) in [5.74, 6) is 0.946. The average molecular weight is 544 g/mol. The van der Waals surface area contributed by atoms with Crippen LogP contribution in [0.15, 0.2) is 65.6 Å². The lowest BCUT2D eigenvalue weighted by molar-refractivity contribution is 0.0956. The van der Waals surface area contributed by atoms with E-state index in [-0.39, 0.29) is 21.4 Å². The molecule has 0 spiro atoms. The lowest BCUT2D eigenvalue weighted by Gasteiger charge is -2.12. The van der Waals surface area contributed by atoms with Gasteiger partial charge in [-0.15, -0.1) is 0 Å². The van der Waals surface area contributed by atoms with Crippen molar-refractivity contribution in [3.8, 4) is 0 Å². The van der Waals surface area contributed by atoms with Gasteiger partial charge in [0.15, 0.2) is 0 Å². The summed E-state index contributed by atoms with van der Waals surface area (Å²) in [4.78, 5) is 12.4. The Bertz CT molecular complexity index is 1250. The first-order valence-corrected chi connectivity index (χ1v) is 13.6. The van der Waals surface area contributed by atoms with Crippen LogP contribution in [-0.2, 0) is 15.8 Å². The molecule has 2 N–H and O–H groups in total. The fourth-order valence-electron chi connectivity index (χ4n) is 2.84. The normalized spacial score (nSPS) is 11.3. The van der Waals surface area contributed by atoms with Crippen molar-refractivity contribution in [3.63, 3.8) is 0 Å². The van der Waals surface area contributed by atoms with Crippen LogP contribution in [0, 0.1) is 6.92 Å². The van der Waals surface area contributed by atoms with E-state index in [1.54, 1.807) is 48.2 Å². The number of carbonyl (C=O) groups is 1. The van der Waals surface area contributed by atoms with E-state index in [4.69, 9.17) is 34.8 Å². The van der Waals surface area contributed by atoms with Crippen LogP contribution >= 0.6 is 46.6 Å². The molecule has 0 aliphatic heterocycles. The molecule has 5 nitrogen and oxygen atoms in total. The Morgan fingerprint density at radius 1 is 0.939 bits per heavy atom. The van der Waals surface area contributed by atoms with Crippen LogP contribution in [-0.4, -0.2) is 26.6 Å². The zero-order valence-corrected chi connectivity index (χ0v) is 21.5. The third-order valence-electron chi connectivity index (χ3n) is 4.59. The largest absolute Gasteiger partial charge is 0.351 e. The van der Waals surface area contributed by atoms with E-state index in [0.29, 0.717) is 33.8 Å². The molecule has 0 fully saturated rings. The average Bonchev–Trinajstić information content (AvgIpc) is 2.76. The predicted octanol–water partition coefficient (Wildman–Crippen LogP) is 6.42. The standard InChI is InChI=1S/C23H21Cl3N2O3S2/c1-15-2-7-19(8-3-15)28-33(30,31)22-12-16(5-9-20(22)25)23(29)27-10-11-32-14-17-4-6-18(24)13-21(17)26/h2-9,12-13,28H,10-11,14H2,1H3,(H,27,29). The highest BCUT2D eigenvalue weighted by atomic mass is 35.5. The Balaban J connectivity index is 1.58. The number of aryl methyl sites for hydroxylation is 1. The molecular weight excluding hydrogens is 523 g/mol. The molecule has 0 bridgehead atoms. The highest BCUT2D eigenvalue weighted by molar-refractivity contribution is 7.98. The van der Waals surface area contributed by atoms with Crippen LogP contribution in [0.3, 0.4) is 0 Å². The number of carbonyl (C=O) groups excluding carboxylic acids is 1. The third kappa shape index (κ3) is 7.29. The lowest BCUT2D eigenvalue weighted by Crippen LogP contribution is -2.26. The second-order valence-electron chi connectivity index (χ2n) is 7.16. The Morgan fingerprint density at radius 2 is 1.67 bits per heavy atom. The first kappa shape index (κ1) is 25.7. The molecule has 0 atom stereocenters. The molecule has 0 aliphatic rings. The molecule has 174 valence electrons. The van der Waals surface area contributed by atoms with Gasteiger partial charge in [0.05, 0.1) is 5.02 Å². The number of anilines is 1. The molecule has 0 aliphatic carbocycles. The molecule has 3 rings (SSSR count). The molecule has 0 saturated carbocycles. The quantitative estimate of drug-likeness (QED) is 0.305. The number of halogens is 3. The number of amides is 1. The number of hydrogen-bond acceptors (Lipinski definition) is 4. The van der Waals surface area contributed by atoms with Crippen molar-refractivity contribution in [2.75, 3.05) is 17.0 Å². The lowest BCUT2D eigenvalue weighted by atomic mass is 10.2. The topological polar surface area (TPSA) is 75.3 Å². The maximum absolute atomic E-state index is 12.8. The zero-order valence-electron chi connectivity index (χ0n) is 17.6. The van der Waals surface area contributed by atoms with E-state index in [0.717, 1.165) is 11.1 Å². The number of nitrogens with one attached hydrogen (secondary N) is 2. The summed E-state index contributed by atoms with van der Waals surface area (Å²) >= 11 is 19.8. The predicted molar refractivity (Wildman–Crippen MR) is 138 cm³/mol.